The van der Waals surface area contributed by atoms with Gasteiger partial charge in [0.15, 0.2) is 5.78 Å². The summed E-state index contributed by atoms with van der Waals surface area (Å²) in [5.41, 5.74) is 9.73. The number of allylic oxidation sites excluding steroid dienone is 1. The van der Waals surface area contributed by atoms with Crippen LogP contribution in [0.2, 0.25) is 0 Å². The highest BCUT2D eigenvalue weighted by Gasteiger charge is 2.15. The van der Waals surface area contributed by atoms with Crippen LogP contribution in [0.1, 0.15) is 17.5 Å². The molecule has 4 nitrogen and oxygen atoms in total. The summed E-state index contributed by atoms with van der Waals surface area (Å²) in [4.78, 5) is 11.4. The fraction of sp³-hybridized carbons (Fsp3) is 0.250. The minimum Gasteiger partial charge on any atom is -0.402 e. The third kappa shape index (κ3) is 3.22. The van der Waals surface area contributed by atoms with Crippen LogP contribution < -0.4 is 11.1 Å². The maximum absolute atomic E-state index is 11.4. The first-order chi connectivity index (χ1) is 9.61. The maximum Gasteiger partial charge on any atom is 0.159 e. The van der Waals surface area contributed by atoms with Crippen molar-refractivity contribution in [1.29, 1.82) is 5.41 Å². The predicted octanol–water partition coefficient (Wildman–Crippen LogP) is 1.56. The minimum absolute atomic E-state index is 0.0215. The largest absolute Gasteiger partial charge is 0.402 e. The molecule has 0 unspecified atom stereocenters. The molecule has 0 aromatic heterocycles. The average Bonchev–Trinajstić information content (AvgIpc) is 2.47. The van der Waals surface area contributed by atoms with Gasteiger partial charge in [0, 0.05) is 36.3 Å². The van der Waals surface area contributed by atoms with Crippen LogP contribution >= 0.6 is 0 Å². The molecular formula is C16H19N3O. The van der Waals surface area contributed by atoms with E-state index < -0.39 is 0 Å². The van der Waals surface area contributed by atoms with Crippen molar-refractivity contribution in [2.24, 2.45) is 5.73 Å². The number of hydrogen-bond acceptors (Lipinski definition) is 4. The third-order valence-corrected chi connectivity index (χ3v) is 3.38. The Bertz CT molecular complexity index is 587. The molecule has 1 aliphatic heterocycles. The molecular weight excluding hydrogens is 250 g/mol. The lowest BCUT2D eigenvalue weighted by atomic mass is 9.95. The molecule has 0 radical (unpaired) electrons. The lowest BCUT2D eigenvalue weighted by Crippen LogP contribution is -2.31. The smallest absolute Gasteiger partial charge is 0.159 e. The Kier molecular flexibility index (Phi) is 4.48. The number of hydrogen-bond donors (Lipinski definition) is 3. The predicted molar refractivity (Wildman–Crippen MR) is 80.9 cm³/mol. The van der Waals surface area contributed by atoms with E-state index in [-0.39, 0.29) is 5.78 Å². The fourth-order valence-corrected chi connectivity index (χ4v) is 2.23. The van der Waals surface area contributed by atoms with Crippen molar-refractivity contribution in [3.63, 3.8) is 0 Å². The van der Waals surface area contributed by atoms with Crippen molar-refractivity contribution in [2.45, 2.75) is 12.8 Å². The quantitative estimate of drug-likeness (QED) is 0.560. The molecule has 0 saturated carbocycles. The number of benzene rings is 1. The summed E-state index contributed by atoms with van der Waals surface area (Å²) in [6.07, 6.45) is 2.41. The molecule has 1 aromatic carbocycles. The van der Waals surface area contributed by atoms with Crippen LogP contribution in [0.3, 0.4) is 0 Å². The molecule has 0 spiro atoms. The van der Waals surface area contributed by atoms with Crippen molar-refractivity contribution in [1.82, 2.24) is 5.32 Å². The molecule has 2 rings (SSSR count). The van der Waals surface area contributed by atoms with Crippen LogP contribution in [0, 0.1) is 5.41 Å². The second-order valence-corrected chi connectivity index (χ2v) is 4.85. The summed E-state index contributed by atoms with van der Waals surface area (Å²) < 4.78 is 0. The van der Waals surface area contributed by atoms with Gasteiger partial charge in [-0.2, -0.15) is 0 Å². The Labute approximate surface area is 118 Å². The summed E-state index contributed by atoms with van der Waals surface area (Å²) in [7, 11) is 0. The normalized spacial score (nSPS) is 15.0. The zero-order chi connectivity index (χ0) is 14.5. The van der Waals surface area contributed by atoms with E-state index in [2.05, 4.69) is 11.9 Å². The summed E-state index contributed by atoms with van der Waals surface area (Å²) in [6.45, 7) is 4.96. The lowest BCUT2D eigenvalue weighted by Gasteiger charge is -2.19. The van der Waals surface area contributed by atoms with Gasteiger partial charge in [0.1, 0.15) is 0 Å². The van der Waals surface area contributed by atoms with Gasteiger partial charge in [-0.05, 0) is 24.1 Å². The van der Waals surface area contributed by atoms with E-state index in [0.29, 0.717) is 18.7 Å². The molecule has 0 amide bonds. The fourth-order valence-electron chi connectivity index (χ4n) is 2.23. The van der Waals surface area contributed by atoms with E-state index in [1.54, 1.807) is 0 Å². The molecule has 1 aliphatic rings. The summed E-state index contributed by atoms with van der Waals surface area (Å²) in [6, 6.07) is 7.50. The monoisotopic (exact) mass is 269 g/mol. The number of rotatable bonds is 5. The number of carbonyl (C=O) groups excluding carboxylic acids is 1. The van der Waals surface area contributed by atoms with Crippen LogP contribution in [0.25, 0.3) is 0 Å². The Balaban J connectivity index is 2.24. The van der Waals surface area contributed by atoms with E-state index >= 15 is 0 Å². The number of carbonyl (C=O) groups is 1. The number of nitrogens with two attached hydrogens (primary N) is 1. The van der Waals surface area contributed by atoms with Crippen molar-refractivity contribution in [2.75, 3.05) is 13.1 Å². The van der Waals surface area contributed by atoms with E-state index in [9.17, 15) is 4.79 Å². The zero-order valence-corrected chi connectivity index (χ0v) is 11.4. The first-order valence-corrected chi connectivity index (χ1v) is 6.63. The van der Waals surface area contributed by atoms with Crippen LogP contribution in [0.5, 0.6) is 0 Å². The van der Waals surface area contributed by atoms with Gasteiger partial charge in [-0.1, -0.05) is 24.8 Å². The van der Waals surface area contributed by atoms with Gasteiger partial charge in [0.05, 0.1) is 5.71 Å². The lowest BCUT2D eigenvalue weighted by molar-refractivity contribution is -0.114. The van der Waals surface area contributed by atoms with Gasteiger partial charge in [-0.25, -0.2) is 0 Å². The molecule has 0 bridgehead atoms. The summed E-state index contributed by atoms with van der Waals surface area (Å²) >= 11 is 0. The van der Waals surface area contributed by atoms with Crippen LogP contribution in [-0.2, 0) is 11.2 Å². The topological polar surface area (TPSA) is 79.0 Å². The molecule has 0 saturated heterocycles. The van der Waals surface area contributed by atoms with Crippen molar-refractivity contribution >= 4 is 11.5 Å². The standard InChI is InChI=1S/C16H19N3O/c1-2-13(20)9-11-4-3-5-12(8-11)16(18)14-10-19-7-6-15(14)17/h2-5,8,18-19H,1,6-7,9-10,17H2. The molecule has 1 heterocycles. The number of nitrogens with one attached hydrogen (secondary N) is 2. The third-order valence-electron chi connectivity index (χ3n) is 3.38. The molecule has 4 heteroatoms. The van der Waals surface area contributed by atoms with E-state index in [0.717, 1.165) is 35.4 Å². The second kappa shape index (κ2) is 6.30. The Morgan fingerprint density at radius 3 is 3.00 bits per heavy atom. The molecule has 0 atom stereocenters. The first-order valence-electron chi connectivity index (χ1n) is 6.63. The van der Waals surface area contributed by atoms with Crippen molar-refractivity contribution in [3.05, 3.63) is 59.3 Å². The van der Waals surface area contributed by atoms with Crippen molar-refractivity contribution < 1.29 is 4.79 Å². The molecule has 20 heavy (non-hydrogen) atoms. The van der Waals surface area contributed by atoms with Crippen molar-refractivity contribution in [3.8, 4) is 0 Å². The van der Waals surface area contributed by atoms with Gasteiger partial charge < -0.3 is 11.1 Å². The van der Waals surface area contributed by atoms with Gasteiger partial charge in [-0.3, -0.25) is 10.2 Å². The summed E-state index contributed by atoms with van der Waals surface area (Å²) in [5.74, 6) is -0.0215. The van der Waals surface area contributed by atoms with Crippen LogP contribution in [0.15, 0.2) is 48.2 Å². The van der Waals surface area contributed by atoms with Gasteiger partial charge in [-0.15, -0.1) is 0 Å². The SMILES string of the molecule is C=CC(=O)Cc1cccc(C(=N)C2=C(N)CCNC2)c1. The zero-order valence-electron chi connectivity index (χ0n) is 11.4. The second-order valence-electron chi connectivity index (χ2n) is 4.85. The highest BCUT2D eigenvalue weighted by molar-refractivity contribution is 6.11. The maximum atomic E-state index is 11.4. The molecule has 1 aromatic rings. The molecule has 4 N–H and O–H groups in total. The minimum atomic E-state index is -0.0215. The average molecular weight is 269 g/mol. The van der Waals surface area contributed by atoms with Crippen LogP contribution in [-0.4, -0.2) is 24.6 Å². The first kappa shape index (κ1) is 14.2. The van der Waals surface area contributed by atoms with Gasteiger partial charge >= 0.3 is 0 Å². The van der Waals surface area contributed by atoms with E-state index in [1.807, 2.05) is 24.3 Å². The molecule has 0 fully saturated rings. The van der Waals surface area contributed by atoms with E-state index in [1.165, 1.54) is 6.08 Å². The highest BCUT2D eigenvalue weighted by atomic mass is 16.1. The highest BCUT2D eigenvalue weighted by Crippen LogP contribution is 2.16. The summed E-state index contributed by atoms with van der Waals surface area (Å²) in [5, 5.41) is 11.5. The molecule has 104 valence electrons. The Hall–Kier alpha value is -2.20. The number of ketones is 1. The Morgan fingerprint density at radius 1 is 1.50 bits per heavy atom. The van der Waals surface area contributed by atoms with Crippen LogP contribution in [0.4, 0.5) is 0 Å². The van der Waals surface area contributed by atoms with Gasteiger partial charge in [0.2, 0.25) is 0 Å². The van der Waals surface area contributed by atoms with Gasteiger partial charge in [0.25, 0.3) is 0 Å². The van der Waals surface area contributed by atoms with E-state index in [4.69, 9.17) is 11.1 Å². The molecule has 0 aliphatic carbocycles. The Morgan fingerprint density at radius 2 is 2.30 bits per heavy atom.